The third-order valence-corrected chi connectivity index (χ3v) is 3.51. The van der Waals surface area contributed by atoms with Gasteiger partial charge < -0.3 is 20.3 Å². The summed E-state index contributed by atoms with van der Waals surface area (Å²) in [6, 6.07) is 13.5. The van der Waals surface area contributed by atoms with Gasteiger partial charge in [0.25, 0.3) is 0 Å². The van der Waals surface area contributed by atoms with Gasteiger partial charge in [0.05, 0.1) is 13.2 Å². The molecule has 0 aromatic heterocycles. The van der Waals surface area contributed by atoms with E-state index >= 15 is 0 Å². The molecular weight excluding hydrogens is 294 g/mol. The molecule has 2 aromatic carbocycles. The van der Waals surface area contributed by atoms with Gasteiger partial charge in [-0.15, -0.1) is 0 Å². The fraction of sp³-hybridized carbons (Fsp3) is 0.278. The second-order valence-corrected chi connectivity index (χ2v) is 5.22. The third kappa shape index (κ3) is 5.09. The number of aliphatic hydroxyl groups is 1. The summed E-state index contributed by atoms with van der Waals surface area (Å²) in [6.07, 6.45) is -0.394. The molecule has 0 heterocycles. The molecule has 2 aromatic rings. The van der Waals surface area contributed by atoms with Gasteiger partial charge in [0, 0.05) is 25.1 Å². The number of phenolic OH excluding ortho intramolecular Hbond substituents is 1. The SMILES string of the molecule is COc1cccc(C(=O)CCNCC(O)c2cccc(O)c2)c1. The summed E-state index contributed by atoms with van der Waals surface area (Å²) in [4.78, 5) is 12.1. The Labute approximate surface area is 135 Å². The molecule has 0 saturated heterocycles. The van der Waals surface area contributed by atoms with Crippen LogP contribution in [0.2, 0.25) is 0 Å². The van der Waals surface area contributed by atoms with Crippen molar-refractivity contribution < 1.29 is 19.7 Å². The van der Waals surface area contributed by atoms with Crippen LogP contribution in [0, 0.1) is 0 Å². The molecule has 0 bridgehead atoms. The molecule has 0 spiro atoms. The Bertz CT molecular complexity index is 657. The van der Waals surface area contributed by atoms with Gasteiger partial charge in [-0.3, -0.25) is 4.79 Å². The van der Waals surface area contributed by atoms with Gasteiger partial charge in [-0.05, 0) is 29.8 Å². The summed E-state index contributed by atoms with van der Waals surface area (Å²) in [5, 5.41) is 22.5. The predicted octanol–water partition coefficient (Wildman–Crippen LogP) is 2.30. The van der Waals surface area contributed by atoms with Crippen LogP contribution in [0.5, 0.6) is 11.5 Å². The van der Waals surface area contributed by atoms with Crippen LogP contribution in [0.4, 0.5) is 0 Å². The highest BCUT2D eigenvalue weighted by Gasteiger charge is 2.09. The minimum Gasteiger partial charge on any atom is -0.508 e. The number of ketones is 1. The lowest BCUT2D eigenvalue weighted by molar-refractivity contribution is 0.0979. The molecule has 122 valence electrons. The lowest BCUT2D eigenvalue weighted by atomic mass is 10.1. The molecule has 5 heteroatoms. The first-order valence-electron chi connectivity index (χ1n) is 7.45. The summed E-state index contributed by atoms with van der Waals surface area (Å²) in [5.74, 6) is 0.793. The van der Waals surface area contributed by atoms with Crippen LogP contribution >= 0.6 is 0 Å². The topological polar surface area (TPSA) is 78.8 Å². The summed E-state index contributed by atoms with van der Waals surface area (Å²) in [7, 11) is 1.56. The van der Waals surface area contributed by atoms with Crippen LogP contribution in [0.15, 0.2) is 48.5 Å². The summed E-state index contributed by atoms with van der Waals surface area (Å²) in [5.41, 5.74) is 1.25. The lowest BCUT2D eigenvalue weighted by Crippen LogP contribution is -2.24. The zero-order valence-electron chi connectivity index (χ0n) is 13.0. The number of benzene rings is 2. The third-order valence-electron chi connectivity index (χ3n) is 3.51. The van der Waals surface area contributed by atoms with Gasteiger partial charge in [-0.25, -0.2) is 0 Å². The molecule has 5 nitrogen and oxygen atoms in total. The lowest BCUT2D eigenvalue weighted by Gasteiger charge is -2.12. The molecule has 0 saturated carbocycles. The van der Waals surface area contributed by atoms with Crippen LogP contribution in [-0.4, -0.2) is 36.2 Å². The number of ether oxygens (including phenoxy) is 1. The highest BCUT2D eigenvalue weighted by Crippen LogP contribution is 2.17. The van der Waals surface area contributed by atoms with Crippen molar-refractivity contribution >= 4 is 5.78 Å². The van der Waals surface area contributed by atoms with Crippen molar-refractivity contribution in [2.24, 2.45) is 0 Å². The van der Waals surface area contributed by atoms with Crippen molar-refractivity contribution in [2.45, 2.75) is 12.5 Å². The molecule has 1 atom stereocenters. The van der Waals surface area contributed by atoms with Gasteiger partial charge in [0.15, 0.2) is 5.78 Å². The van der Waals surface area contributed by atoms with Crippen LogP contribution in [0.1, 0.15) is 28.4 Å². The second kappa shape index (κ2) is 8.31. The van der Waals surface area contributed by atoms with Crippen LogP contribution < -0.4 is 10.1 Å². The fourth-order valence-corrected chi connectivity index (χ4v) is 2.23. The van der Waals surface area contributed by atoms with Crippen molar-refractivity contribution in [3.63, 3.8) is 0 Å². The summed E-state index contributed by atoms with van der Waals surface area (Å²) in [6.45, 7) is 0.779. The van der Waals surface area contributed by atoms with E-state index in [2.05, 4.69) is 5.32 Å². The number of hydrogen-bond donors (Lipinski definition) is 3. The first-order valence-corrected chi connectivity index (χ1v) is 7.45. The fourth-order valence-electron chi connectivity index (χ4n) is 2.23. The molecule has 0 radical (unpaired) electrons. The standard InChI is InChI=1S/C18H21NO4/c1-23-16-7-3-5-14(11-16)17(21)8-9-19-12-18(22)13-4-2-6-15(20)10-13/h2-7,10-11,18-20,22H,8-9,12H2,1H3. The van der Waals surface area contributed by atoms with E-state index in [0.29, 0.717) is 36.4 Å². The first kappa shape index (κ1) is 17.0. The molecular formula is C18H21NO4. The van der Waals surface area contributed by atoms with E-state index in [9.17, 15) is 15.0 Å². The average Bonchev–Trinajstić information content (AvgIpc) is 2.58. The van der Waals surface area contributed by atoms with E-state index in [-0.39, 0.29) is 11.5 Å². The number of nitrogens with one attached hydrogen (secondary N) is 1. The van der Waals surface area contributed by atoms with Gasteiger partial charge in [-0.1, -0.05) is 24.3 Å². The van der Waals surface area contributed by atoms with Crippen molar-refractivity contribution in [3.05, 3.63) is 59.7 Å². The molecule has 0 amide bonds. The van der Waals surface area contributed by atoms with Crippen LogP contribution in [-0.2, 0) is 0 Å². The normalized spacial score (nSPS) is 11.9. The van der Waals surface area contributed by atoms with Gasteiger partial charge in [0.2, 0.25) is 0 Å². The monoisotopic (exact) mass is 315 g/mol. The first-order chi connectivity index (χ1) is 11.1. The Kier molecular flexibility index (Phi) is 6.14. The molecule has 0 aliphatic carbocycles. The van der Waals surface area contributed by atoms with Crippen LogP contribution in [0.3, 0.4) is 0 Å². The van der Waals surface area contributed by atoms with Crippen molar-refractivity contribution in [1.29, 1.82) is 0 Å². The Morgan fingerprint density at radius 2 is 2.00 bits per heavy atom. The molecule has 2 rings (SSSR count). The van der Waals surface area contributed by atoms with Gasteiger partial charge in [0.1, 0.15) is 11.5 Å². The number of hydrogen-bond acceptors (Lipinski definition) is 5. The molecule has 1 unspecified atom stereocenters. The van der Waals surface area contributed by atoms with Gasteiger partial charge >= 0.3 is 0 Å². The number of methoxy groups -OCH3 is 1. The Balaban J connectivity index is 1.77. The van der Waals surface area contributed by atoms with E-state index in [1.807, 2.05) is 0 Å². The summed E-state index contributed by atoms with van der Waals surface area (Å²) >= 11 is 0. The maximum absolute atomic E-state index is 12.1. The van der Waals surface area contributed by atoms with Crippen molar-refractivity contribution in [2.75, 3.05) is 20.2 Å². The Morgan fingerprint density at radius 3 is 2.74 bits per heavy atom. The largest absolute Gasteiger partial charge is 0.508 e. The molecule has 0 aliphatic heterocycles. The number of aliphatic hydroxyl groups excluding tert-OH is 1. The smallest absolute Gasteiger partial charge is 0.164 e. The van der Waals surface area contributed by atoms with Crippen molar-refractivity contribution in [3.8, 4) is 11.5 Å². The molecule has 0 fully saturated rings. The Hall–Kier alpha value is -2.37. The number of carbonyl (C=O) groups is 1. The predicted molar refractivity (Wildman–Crippen MR) is 87.9 cm³/mol. The number of aromatic hydroxyl groups is 1. The van der Waals surface area contributed by atoms with E-state index in [4.69, 9.17) is 4.74 Å². The Morgan fingerprint density at radius 1 is 1.22 bits per heavy atom. The maximum atomic E-state index is 12.1. The second-order valence-electron chi connectivity index (χ2n) is 5.22. The number of carbonyl (C=O) groups excluding carboxylic acids is 1. The van der Waals surface area contributed by atoms with Gasteiger partial charge in [-0.2, -0.15) is 0 Å². The van der Waals surface area contributed by atoms with Crippen LogP contribution in [0.25, 0.3) is 0 Å². The average molecular weight is 315 g/mol. The highest BCUT2D eigenvalue weighted by molar-refractivity contribution is 5.96. The molecule has 3 N–H and O–H groups in total. The summed E-state index contributed by atoms with van der Waals surface area (Å²) < 4.78 is 5.10. The van der Waals surface area contributed by atoms with E-state index in [1.165, 1.54) is 6.07 Å². The number of rotatable bonds is 8. The zero-order valence-corrected chi connectivity index (χ0v) is 13.0. The minimum atomic E-state index is -0.728. The van der Waals surface area contributed by atoms with E-state index < -0.39 is 6.10 Å². The number of Topliss-reactive ketones (excluding diaryl/α,β-unsaturated/α-hetero) is 1. The highest BCUT2D eigenvalue weighted by atomic mass is 16.5. The van der Waals surface area contributed by atoms with E-state index in [0.717, 1.165) is 0 Å². The number of phenols is 1. The van der Waals surface area contributed by atoms with Crippen molar-refractivity contribution in [1.82, 2.24) is 5.32 Å². The van der Waals surface area contributed by atoms with E-state index in [1.54, 1.807) is 49.6 Å². The zero-order chi connectivity index (χ0) is 16.7. The molecule has 0 aliphatic rings. The quantitative estimate of drug-likeness (QED) is 0.514. The minimum absolute atomic E-state index is 0.0169. The molecule has 23 heavy (non-hydrogen) atoms. The maximum Gasteiger partial charge on any atom is 0.164 e.